The fraction of sp³-hybridized carbons (Fsp3) is 0.500. The van der Waals surface area contributed by atoms with E-state index in [2.05, 4.69) is 33.0 Å². The van der Waals surface area contributed by atoms with Crippen molar-refractivity contribution >= 4 is 40.3 Å². The highest BCUT2D eigenvalue weighted by atomic mass is 32.2. The van der Waals surface area contributed by atoms with Crippen LogP contribution in [0.5, 0.6) is 0 Å². The van der Waals surface area contributed by atoms with Crippen LogP contribution in [-0.4, -0.2) is 21.9 Å². The summed E-state index contributed by atoms with van der Waals surface area (Å²) in [5.41, 5.74) is 1.69. The molecule has 1 amide bonds. The average Bonchev–Trinajstić information content (AvgIpc) is 3.26. The van der Waals surface area contributed by atoms with E-state index in [0.717, 1.165) is 4.34 Å². The maximum atomic E-state index is 12.2. The molecule has 3 rings (SSSR count). The highest BCUT2D eigenvalue weighted by Gasteiger charge is 2.28. The minimum Gasteiger partial charge on any atom is -0.347 e. The summed E-state index contributed by atoms with van der Waals surface area (Å²) in [5.74, 6) is 1.07. The molecule has 1 N–H and O–H groups in total. The second-order valence-corrected chi connectivity index (χ2v) is 8.13. The van der Waals surface area contributed by atoms with Gasteiger partial charge in [-0.25, -0.2) is 0 Å². The van der Waals surface area contributed by atoms with Crippen LogP contribution in [0.25, 0.3) is 0 Å². The van der Waals surface area contributed by atoms with Crippen LogP contribution in [0, 0.1) is 5.92 Å². The molecule has 0 saturated heterocycles. The first-order valence-corrected chi connectivity index (χ1v) is 9.79. The van der Waals surface area contributed by atoms with Crippen molar-refractivity contribution < 1.29 is 4.79 Å². The van der Waals surface area contributed by atoms with Crippen molar-refractivity contribution in [1.82, 2.24) is 15.5 Å². The number of amides is 1. The molecule has 2 aromatic heterocycles. The van der Waals surface area contributed by atoms with E-state index in [1.54, 1.807) is 16.8 Å². The Morgan fingerprint density at radius 3 is 2.95 bits per heavy atom. The lowest BCUT2D eigenvalue weighted by atomic mass is 9.97. The molecule has 0 bridgehead atoms. The van der Waals surface area contributed by atoms with Crippen LogP contribution >= 0.6 is 34.4 Å². The fourth-order valence-electron chi connectivity index (χ4n) is 2.75. The third-order valence-electron chi connectivity index (χ3n) is 3.70. The molecule has 0 radical (unpaired) electrons. The summed E-state index contributed by atoms with van der Waals surface area (Å²) < 4.78 is 0.846. The zero-order chi connectivity index (χ0) is 14.5. The van der Waals surface area contributed by atoms with Crippen molar-refractivity contribution in [2.24, 2.45) is 5.92 Å². The number of hydrogen-bond acceptors (Lipinski definition) is 6. The molecule has 0 aliphatic heterocycles. The lowest BCUT2D eigenvalue weighted by molar-refractivity contribution is -0.119. The number of thioether (sulfide) groups is 1. The molecular weight excluding hydrogens is 322 g/mol. The van der Waals surface area contributed by atoms with E-state index in [0.29, 0.717) is 11.7 Å². The molecule has 1 atom stereocenters. The quantitative estimate of drug-likeness (QED) is 0.815. The van der Waals surface area contributed by atoms with Gasteiger partial charge in [-0.15, -0.1) is 21.5 Å². The van der Waals surface area contributed by atoms with Crippen molar-refractivity contribution in [3.05, 3.63) is 27.9 Å². The standard InChI is InChI=1S/C14H17N3OS3/c18-12(8-20-14-17-15-9-21-14)16-13(10-4-1-2-5-10)11-6-3-7-19-11/h3,6-7,9-10,13H,1-2,4-5,8H2,(H,16,18). The van der Waals surface area contributed by atoms with Crippen LogP contribution in [-0.2, 0) is 4.79 Å². The minimum atomic E-state index is 0.0838. The summed E-state index contributed by atoms with van der Waals surface area (Å²) in [6.45, 7) is 0. The Morgan fingerprint density at radius 2 is 2.29 bits per heavy atom. The van der Waals surface area contributed by atoms with Crippen molar-refractivity contribution in [1.29, 1.82) is 0 Å². The van der Waals surface area contributed by atoms with Crippen molar-refractivity contribution in [2.45, 2.75) is 36.1 Å². The van der Waals surface area contributed by atoms with E-state index in [9.17, 15) is 4.79 Å². The Morgan fingerprint density at radius 1 is 1.43 bits per heavy atom. The SMILES string of the molecule is O=C(CSc1nncs1)NC(c1cccs1)C1CCCC1. The Labute approximate surface area is 136 Å². The molecule has 1 aliphatic rings. The largest absolute Gasteiger partial charge is 0.347 e. The second-order valence-electron chi connectivity index (χ2n) is 5.10. The average molecular weight is 340 g/mol. The van der Waals surface area contributed by atoms with Crippen LogP contribution in [0.4, 0.5) is 0 Å². The number of aromatic nitrogens is 2. The van der Waals surface area contributed by atoms with Gasteiger partial charge in [-0.3, -0.25) is 4.79 Å². The van der Waals surface area contributed by atoms with Gasteiger partial charge in [0.15, 0.2) is 4.34 Å². The molecule has 2 heterocycles. The minimum absolute atomic E-state index is 0.0838. The van der Waals surface area contributed by atoms with Crippen molar-refractivity contribution in [3.63, 3.8) is 0 Å². The molecular formula is C14H17N3OS3. The number of nitrogens with zero attached hydrogens (tertiary/aromatic N) is 2. The molecule has 1 unspecified atom stereocenters. The lowest BCUT2D eigenvalue weighted by Crippen LogP contribution is -2.33. The van der Waals surface area contributed by atoms with Crippen LogP contribution in [0.2, 0.25) is 0 Å². The van der Waals surface area contributed by atoms with E-state index in [4.69, 9.17) is 0 Å². The van der Waals surface area contributed by atoms with Crippen LogP contribution < -0.4 is 5.32 Å². The maximum Gasteiger partial charge on any atom is 0.230 e. The van der Waals surface area contributed by atoms with Gasteiger partial charge >= 0.3 is 0 Å². The zero-order valence-corrected chi connectivity index (χ0v) is 14.0. The summed E-state index contributed by atoms with van der Waals surface area (Å²) in [7, 11) is 0. The van der Waals surface area contributed by atoms with E-state index in [-0.39, 0.29) is 11.9 Å². The number of thiophene rings is 1. The molecule has 2 aromatic rings. The Hall–Kier alpha value is -0.920. The number of rotatable bonds is 6. The fourth-order valence-corrected chi connectivity index (χ4v) is 4.92. The second kappa shape index (κ2) is 7.38. The normalized spacial score (nSPS) is 17.0. The van der Waals surface area contributed by atoms with E-state index in [1.165, 1.54) is 53.7 Å². The summed E-state index contributed by atoms with van der Waals surface area (Å²) in [4.78, 5) is 13.5. The van der Waals surface area contributed by atoms with Crippen molar-refractivity contribution in [2.75, 3.05) is 5.75 Å². The van der Waals surface area contributed by atoms with Crippen molar-refractivity contribution in [3.8, 4) is 0 Å². The summed E-state index contributed by atoms with van der Waals surface area (Å²) in [6.07, 6.45) is 4.99. The summed E-state index contributed by atoms with van der Waals surface area (Å²) in [6, 6.07) is 4.37. The zero-order valence-electron chi connectivity index (χ0n) is 11.5. The lowest BCUT2D eigenvalue weighted by Gasteiger charge is -2.23. The third kappa shape index (κ3) is 4.05. The highest BCUT2D eigenvalue weighted by Crippen LogP contribution is 2.37. The first-order chi connectivity index (χ1) is 10.3. The molecule has 0 aromatic carbocycles. The van der Waals surface area contributed by atoms with Crippen LogP contribution in [0.3, 0.4) is 0 Å². The molecule has 1 fully saturated rings. The smallest absolute Gasteiger partial charge is 0.230 e. The van der Waals surface area contributed by atoms with Gasteiger partial charge in [-0.05, 0) is 30.2 Å². The molecule has 21 heavy (non-hydrogen) atoms. The predicted octanol–water partition coefficient (Wildman–Crippen LogP) is 3.74. The van der Waals surface area contributed by atoms with Gasteiger partial charge in [0.05, 0.1) is 11.8 Å². The number of nitrogens with one attached hydrogen (secondary N) is 1. The molecule has 0 spiro atoms. The van der Waals surface area contributed by atoms with E-state index in [1.807, 2.05) is 0 Å². The van der Waals surface area contributed by atoms with Gasteiger partial charge in [0, 0.05) is 4.88 Å². The molecule has 112 valence electrons. The van der Waals surface area contributed by atoms with Gasteiger partial charge in [0.25, 0.3) is 0 Å². The van der Waals surface area contributed by atoms with Crippen LogP contribution in [0.15, 0.2) is 27.4 Å². The number of carbonyl (C=O) groups excluding carboxylic acids is 1. The molecule has 1 saturated carbocycles. The van der Waals surface area contributed by atoms with Gasteiger partial charge in [-0.1, -0.05) is 42.0 Å². The number of hydrogen-bond donors (Lipinski definition) is 1. The Balaban J connectivity index is 1.59. The summed E-state index contributed by atoms with van der Waals surface area (Å²) >= 11 is 4.66. The van der Waals surface area contributed by atoms with Crippen LogP contribution in [0.1, 0.15) is 36.6 Å². The Kier molecular flexibility index (Phi) is 5.27. The third-order valence-corrected chi connectivity index (χ3v) is 6.52. The van der Waals surface area contributed by atoms with Gasteiger partial charge in [-0.2, -0.15) is 0 Å². The molecule has 4 nitrogen and oxygen atoms in total. The molecule has 7 heteroatoms. The van der Waals surface area contributed by atoms with Gasteiger partial charge in [0.2, 0.25) is 5.91 Å². The monoisotopic (exact) mass is 339 g/mol. The first-order valence-electron chi connectivity index (χ1n) is 7.04. The van der Waals surface area contributed by atoms with E-state index < -0.39 is 0 Å². The maximum absolute atomic E-state index is 12.2. The number of carbonyl (C=O) groups is 1. The predicted molar refractivity (Wildman–Crippen MR) is 87.8 cm³/mol. The van der Waals surface area contributed by atoms with Gasteiger partial charge < -0.3 is 5.32 Å². The summed E-state index contributed by atoms with van der Waals surface area (Å²) in [5, 5.41) is 13.0. The Bertz CT molecular complexity index is 550. The molecule has 1 aliphatic carbocycles. The van der Waals surface area contributed by atoms with E-state index >= 15 is 0 Å². The topological polar surface area (TPSA) is 54.9 Å². The highest BCUT2D eigenvalue weighted by molar-refractivity contribution is 8.01. The first kappa shape index (κ1) is 15.0. The van der Waals surface area contributed by atoms with Gasteiger partial charge in [0.1, 0.15) is 5.51 Å².